The second kappa shape index (κ2) is 16.5. The summed E-state index contributed by atoms with van der Waals surface area (Å²) in [7, 11) is 0. The van der Waals surface area contributed by atoms with E-state index in [2.05, 4.69) is 76.2 Å². The fourth-order valence-electron chi connectivity index (χ4n) is 5.64. The lowest BCUT2D eigenvalue weighted by atomic mass is 9.91. The summed E-state index contributed by atoms with van der Waals surface area (Å²) in [6, 6.07) is 18.0. The van der Waals surface area contributed by atoms with Gasteiger partial charge in [0.25, 0.3) is 0 Å². The van der Waals surface area contributed by atoms with Crippen molar-refractivity contribution in [3.8, 4) is 0 Å². The number of rotatable bonds is 18. The van der Waals surface area contributed by atoms with Gasteiger partial charge in [-0.3, -0.25) is 0 Å². The van der Waals surface area contributed by atoms with Crippen molar-refractivity contribution in [2.45, 2.75) is 130 Å². The van der Waals surface area contributed by atoms with Crippen molar-refractivity contribution in [1.82, 2.24) is 0 Å². The molecule has 2 aromatic rings. The number of hydrogen-bond donors (Lipinski definition) is 0. The number of allylic oxidation sites excluding steroid dienone is 2. The lowest BCUT2D eigenvalue weighted by molar-refractivity contribution is -0.345. The monoisotopic (exact) mass is 512 g/mol. The molecule has 0 aromatic heterocycles. The largest absolute Gasteiger partial charge is 0.493 e. The normalized spacial score (nSPS) is 13.7. The van der Waals surface area contributed by atoms with Crippen LogP contribution in [-0.4, -0.2) is 4.70 Å². The Hall–Kier alpha value is -2.48. The maximum Gasteiger partial charge on any atom is 0.211 e. The van der Waals surface area contributed by atoms with E-state index in [0.717, 1.165) is 61.0 Å². The maximum absolute atomic E-state index is 11.8. The van der Waals surface area contributed by atoms with Gasteiger partial charge in [0.1, 0.15) is 0 Å². The quantitative estimate of drug-likeness (QED) is 0.140. The van der Waals surface area contributed by atoms with Gasteiger partial charge in [-0.15, -0.1) is 0 Å². The first kappa shape index (κ1) is 30.1. The van der Waals surface area contributed by atoms with E-state index in [-0.39, 0.29) is 0 Å². The van der Waals surface area contributed by atoms with Crippen LogP contribution in [0, 0.1) is 0 Å². The Kier molecular flexibility index (Phi) is 13.0. The molecule has 1 aliphatic rings. The fourth-order valence-corrected chi connectivity index (χ4v) is 5.64. The summed E-state index contributed by atoms with van der Waals surface area (Å²) < 4.78 is 1.54. The molecule has 38 heavy (non-hydrogen) atoms. The van der Waals surface area contributed by atoms with Crippen LogP contribution in [0.25, 0.3) is 16.9 Å². The van der Waals surface area contributed by atoms with Crippen LogP contribution in [0.3, 0.4) is 0 Å². The highest BCUT2D eigenvalue weighted by molar-refractivity contribution is 5.82. The van der Waals surface area contributed by atoms with Crippen molar-refractivity contribution in [3.05, 3.63) is 87.5 Å². The van der Waals surface area contributed by atoms with Gasteiger partial charge in [0.2, 0.25) is 11.4 Å². The Morgan fingerprint density at radius 3 is 1.26 bits per heavy atom. The lowest BCUT2D eigenvalue weighted by Crippen LogP contribution is -2.03. The molecule has 1 aliphatic heterocycles. The third-order valence-electron chi connectivity index (χ3n) is 8.01. The van der Waals surface area contributed by atoms with E-state index < -0.39 is 0 Å². The van der Waals surface area contributed by atoms with Crippen LogP contribution in [0.4, 0.5) is 0 Å². The highest BCUT2D eigenvalue weighted by Crippen LogP contribution is 2.44. The predicted molar refractivity (Wildman–Crippen MR) is 165 cm³/mol. The molecular weight excluding hydrogens is 460 g/mol. The topological polar surface area (TPSA) is 25.3 Å². The zero-order valence-electron chi connectivity index (χ0n) is 24.8. The molecule has 0 amide bonds. The molecule has 2 aromatic carbocycles. The predicted octanol–water partition coefficient (Wildman–Crippen LogP) is 11.5. The first-order valence-electron chi connectivity index (χ1n) is 15.8. The van der Waals surface area contributed by atoms with E-state index in [9.17, 15) is 5.53 Å². The van der Waals surface area contributed by atoms with E-state index in [1.807, 2.05) is 0 Å². The average Bonchev–Trinajstić information content (AvgIpc) is 3.22. The summed E-state index contributed by atoms with van der Waals surface area (Å²) in [5.74, 6) is 0. The van der Waals surface area contributed by atoms with Crippen LogP contribution in [0.2, 0.25) is 0 Å². The Morgan fingerprint density at radius 2 is 0.816 bits per heavy atom. The summed E-state index contributed by atoms with van der Waals surface area (Å²) >= 11 is 0. The van der Waals surface area contributed by atoms with Gasteiger partial charge in [-0.25, -0.2) is 4.70 Å². The van der Waals surface area contributed by atoms with Gasteiger partial charge in [0.15, 0.2) is 0 Å². The van der Waals surface area contributed by atoms with Gasteiger partial charge in [0.05, 0.1) is 0 Å². The van der Waals surface area contributed by atoms with Crippen LogP contribution in [0.5, 0.6) is 0 Å². The molecule has 0 N–H and O–H groups in total. The average molecular weight is 513 g/mol. The van der Waals surface area contributed by atoms with Gasteiger partial charge in [0, 0.05) is 22.3 Å². The fraction of sp³-hybridized carbons (Fsp3) is 0.556. The van der Waals surface area contributed by atoms with Crippen LogP contribution in [-0.2, 0) is 12.8 Å². The minimum Gasteiger partial charge on any atom is -0.493 e. The first-order valence-corrected chi connectivity index (χ1v) is 15.8. The van der Waals surface area contributed by atoms with E-state index >= 15 is 0 Å². The van der Waals surface area contributed by atoms with E-state index in [1.54, 1.807) is 4.70 Å². The van der Waals surface area contributed by atoms with Crippen molar-refractivity contribution < 1.29 is 4.70 Å². The molecule has 0 spiro atoms. The molecule has 1 heterocycles. The molecule has 0 aliphatic carbocycles. The number of benzene rings is 2. The molecule has 0 atom stereocenters. The molecule has 0 saturated carbocycles. The maximum atomic E-state index is 11.8. The molecule has 0 saturated heterocycles. The second-order valence-electron chi connectivity index (χ2n) is 11.2. The van der Waals surface area contributed by atoms with Crippen molar-refractivity contribution in [3.63, 3.8) is 0 Å². The molecule has 3 rings (SSSR count). The summed E-state index contributed by atoms with van der Waals surface area (Å²) in [6.45, 7) is 9.04. The summed E-state index contributed by atoms with van der Waals surface area (Å²) in [5, 5.41) is 0. The number of unbranched alkanes of at least 4 members (excludes halogenated alkanes) is 8. The molecule has 0 unspecified atom stereocenters. The van der Waals surface area contributed by atoms with Crippen molar-refractivity contribution in [1.29, 1.82) is 0 Å². The molecule has 0 bridgehead atoms. The van der Waals surface area contributed by atoms with Crippen molar-refractivity contribution in [2.75, 3.05) is 0 Å². The third-order valence-corrected chi connectivity index (χ3v) is 8.01. The lowest BCUT2D eigenvalue weighted by Gasteiger charge is -2.11. The van der Waals surface area contributed by atoms with Gasteiger partial charge in [-0.05, 0) is 86.8 Å². The zero-order valence-corrected chi connectivity index (χ0v) is 24.8. The minimum absolute atomic E-state index is 1.01. The van der Waals surface area contributed by atoms with E-state index in [4.69, 9.17) is 0 Å². The standard InChI is InChI=1S/C36H52N2/c1-5-9-13-14-15-16-20-34-33(19-12-8-4)35(31-25-21-29(22-26-31)17-10-6-2)38(37)36(34)32-27-23-30(24-28-32)18-11-7-3/h21-28H,5-20H2,1-4H3. The van der Waals surface area contributed by atoms with Crippen molar-refractivity contribution in [2.24, 2.45) is 0 Å². The van der Waals surface area contributed by atoms with Gasteiger partial charge in [-0.2, -0.15) is 0 Å². The Balaban J connectivity index is 1.97. The molecule has 0 fully saturated rings. The first-order chi connectivity index (χ1) is 18.6. The Morgan fingerprint density at radius 1 is 0.447 bits per heavy atom. The Bertz CT molecular complexity index is 1050. The number of aryl methyl sites for hydroxylation is 2. The second-order valence-corrected chi connectivity index (χ2v) is 11.2. The molecule has 2 heteroatoms. The highest BCUT2D eigenvalue weighted by atomic mass is 15.2. The minimum atomic E-state index is 1.01. The van der Waals surface area contributed by atoms with Gasteiger partial charge >= 0.3 is 0 Å². The number of hydrogen-bond acceptors (Lipinski definition) is 0. The third kappa shape index (κ3) is 8.26. The molecular formula is C36H52N2. The summed E-state index contributed by atoms with van der Waals surface area (Å²) in [6.07, 6.45) is 19.2. The van der Waals surface area contributed by atoms with E-state index in [0.29, 0.717) is 0 Å². The molecule has 0 radical (unpaired) electrons. The number of nitrogens with zero attached hydrogens (tertiary/aromatic N) is 2. The van der Waals surface area contributed by atoms with Crippen molar-refractivity contribution >= 4 is 11.4 Å². The van der Waals surface area contributed by atoms with E-state index in [1.165, 1.54) is 86.5 Å². The molecule has 2 nitrogen and oxygen atoms in total. The SMILES string of the molecule is CCCCCCCCC1=C(c2ccc(CCCC)cc2)[N+](=[N-])C(c2ccc(CCCC)cc2)=C1CCCC. The van der Waals surface area contributed by atoms with Crippen LogP contribution >= 0.6 is 0 Å². The summed E-state index contributed by atoms with van der Waals surface area (Å²) in [4.78, 5) is 0. The highest BCUT2D eigenvalue weighted by Gasteiger charge is 2.35. The van der Waals surface area contributed by atoms with Crippen LogP contribution in [0.15, 0.2) is 59.7 Å². The van der Waals surface area contributed by atoms with Gasteiger partial charge in [-0.1, -0.05) is 103 Å². The van der Waals surface area contributed by atoms with Crippen LogP contribution < -0.4 is 0 Å². The van der Waals surface area contributed by atoms with Crippen LogP contribution in [0.1, 0.15) is 140 Å². The Labute approximate surface area is 233 Å². The smallest absolute Gasteiger partial charge is 0.211 e. The molecule has 206 valence electrons. The van der Waals surface area contributed by atoms with Gasteiger partial charge < -0.3 is 5.53 Å². The zero-order chi connectivity index (χ0) is 27.2. The summed E-state index contributed by atoms with van der Waals surface area (Å²) in [5.41, 5.74) is 21.6.